The Morgan fingerprint density at radius 3 is 1.42 bits per heavy atom. The summed E-state index contributed by atoms with van der Waals surface area (Å²) in [6, 6.07) is 43.2. The van der Waals surface area contributed by atoms with Crippen molar-refractivity contribution in [1.29, 1.82) is 0 Å². The van der Waals surface area contributed by atoms with Gasteiger partial charge in [-0.2, -0.15) is 0 Å². The van der Waals surface area contributed by atoms with Gasteiger partial charge in [0.25, 0.3) is 0 Å². The molecule has 0 radical (unpaired) electrons. The molecule has 0 aliphatic carbocycles. The maximum atomic E-state index is 9.75. The van der Waals surface area contributed by atoms with Gasteiger partial charge in [-0.05, 0) is 61.4 Å². The second-order valence-electron chi connectivity index (χ2n) is 8.87. The lowest BCUT2D eigenvalue weighted by Gasteiger charge is -2.37. The molecule has 1 fully saturated rings. The Labute approximate surface area is 222 Å². The summed E-state index contributed by atoms with van der Waals surface area (Å²) < 4.78 is 45.9. The lowest BCUT2D eigenvalue weighted by molar-refractivity contribution is 0.0272. The monoisotopic (exact) mass is 534 g/mol. The summed E-state index contributed by atoms with van der Waals surface area (Å²) in [5.74, 6) is 6.87. The molecule has 4 aromatic rings. The third-order valence-electron chi connectivity index (χ3n) is 6.31. The molecule has 1 heterocycles. The molecule has 1 saturated heterocycles. The fourth-order valence-electron chi connectivity index (χ4n) is 4.82. The van der Waals surface area contributed by atoms with Crippen LogP contribution in [0, 0.1) is 11.8 Å². The van der Waals surface area contributed by atoms with Gasteiger partial charge < -0.3 is 22.0 Å². The van der Waals surface area contributed by atoms with Gasteiger partial charge in [-0.15, -0.1) is 0 Å². The molecule has 4 aromatic carbocycles. The predicted octanol–water partition coefficient (Wildman–Crippen LogP) is 7.23. The van der Waals surface area contributed by atoms with Crippen LogP contribution in [0.5, 0.6) is 0 Å². The van der Waals surface area contributed by atoms with Gasteiger partial charge in [0.15, 0.2) is 5.85 Å². The van der Waals surface area contributed by atoms with E-state index in [1.54, 1.807) is 0 Å². The molecule has 0 N–H and O–H groups in total. The molecule has 0 amide bonds. The molecular weight excluding hydrogens is 506 g/mol. The van der Waals surface area contributed by atoms with Crippen molar-refractivity contribution in [3.63, 3.8) is 0 Å². The summed E-state index contributed by atoms with van der Waals surface area (Å²) >= 11 is 0. The van der Waals surface area contributed by atoms with Crippen LogP contribution in [0.2, 0.25) is 0 Å². The Hall–Kier alpha value is -3.39. The smallest absolute Gasteiger partial charge is 0.418 e. The van der Waals surface area contributed by atoms with E-state index in [1.807, 2.05) is 18.2 Å². The number of hydrogen-bond acceptors (Lipinski definition) is 1. The van der Waals surface area contributed by atoms with Crippen LogP contribution in [0.1, 0.15) is 24.8 Å². The van der Waals surface area contributed by atoms with Crippen LogP contribution in [0.4, 0.5) is 17.3 Å². The molecule has 194 valence electrons. The number of halogens is 4. The Balaban J connectivity index is 0.000000617. The zero-order valence-corrected chi connectivity index (χ0v) is 21.7. The Morgan fingerprint density at radius 2 is 1.00 bits per heavy atom. The molecule has 1 nitrogen and oxygen atoms in total. The maximum absolute atomic E-state index is 9.75. The fourth-order valence-corrected chi connectivity index (χ4v) is 9.53. The topological polar surface area (TPSA) is 9.23 Å². The minimum absolute atomic E-state index is 0.0560. The van der Waals surface area contributed by atoms with Crippen molar-refractivity contribution >= 4 is 30.4 Å². The molecule has 2 atom stereocenters. The summed E-state index contributed by atoms with van der Waals surface area (Å²) in [4.78, 5) is 0. The third-order valence-corrected chi connectivity index (χ3v) is 10.9. The van der Waals surface area contributed by atoms with Crippen LogP contribution in [0.3, 0.4) is 0 Å². The van der Waals surface area contributed by atoms with E-state index in [0.717, 1.165) is 24.8 Å². The van der Waals surface area contributed by atoms with Crippen molar-refractivity contribution < 1.29 is 22.0 Å². The summed E-state index contributed by atoms with van der Waals surface area (Å²) in [5, 5.41) is 4.09. The highest BCUT2D eigenvalue weighted by atomic mass is 31.2. The normalized spacial score (nSPS) is 17.4. The predicted molar refractivity (Wildman–Crippen MR) is 151 cm³/mol. The Morgan fingerprint density at radius 1 is 0.605 bits per heavy atom. The van der Waals surface area contributed by atoms with Crippen LogP contribution in [-0.2, 0) is 4.74 Å². The zero-order chi connectivity index (χ0) is 26.8. The van der Waals surface area contributed by atoms with Gasteiger partial charge in [0.1, 0.15) is 29.3 Å². The van der Waals surface area contributed by atoms with Crippen molar-refractivity contribution in [2.75, 3.05) is 0 Å². The van der Waals surface area contributed by atoms with Crippen LogP contribution >= 0.6 is 7.26 Å². The van der Waals surface area contributed by atoms with Crippen LogP contribution in [0.25, 0.3) is 0 Å². The van der Waals surface area contributed by atoms with E-state index in [0.29, 0.717) is 0 Å². The van der Waals surface area contributed by atoms with Crippen LogP contribution < -0.4 is 15.9 Å². The van der Waals surface area contributed by atoms with Gasteiger partial charge in [-0.25, -0.2) is 0 Å². The second kappa shape index (κ2) is 12.9. The van der Waals surface area contributed by atoms with Gasteiger partial charge in [0.05, 0.1) is 0 Å². The standard InChI is InChI=1S/C31H28OP.BF4/c1-5-14-26(15-6-1)24-25-27-16-13-23-31(32-27)33(28-17-7-2-8-18-28,29-19-9-3-10-20-29)30-21-11-4-12-22-30;2-1(3,4)5/h1-12,14-15,17-22,27,31H,13,16,23H2;/q+1;-1. The van der Waals surface area contributed by atoms with Crippen molar-refractivity contribution in [2.45, 2.75) is 31.2 Å². The van der Waals surface area contributed by atoms with Crippen molar-refractivity contribution in [3.8, 4) is 11.8 Å². The van der Waals surface area contributed by atoms with Crippen molar-refractivity contribution in [1.82, 2.24) is 0 Å². The summed E-state index contributed by atoms with van der Waals surface area (Å²) in [6.07, 6.45) is 3.08. The first-order valence-corrected chi connectivity index (χ1v) is 14.4. The third kappa shape index (κ3) is 7.13. The minimum atomic E-state index is -6.00. The number of ether oxygens (including phenoxy) is 1. The van der Waals surface area contributed by atoms with Crippen LogP contribution in [0.15, 0.2) is 121 Å². The molecular formula is C31H28BF4OP. The summed E-state index contributed by atoms with van der Waals surface area (Å²) in [6.45, 7) is 0. The molecule has 0 bridgehead atoms. The first-order valence-electron chi connectivity index (χ1n) is 12.5. The average Bonchev–Trinajstić information content (AvgIpc) is 2.94. The number of hydrogen-bond donors (Lipinski definition) is 0. The van der Waals surface area contributed by atoms with Gasteiger partial charge in [-0.1, -0.05) is 84.6 Å². The minimum Gasteiger partial charge on any atom is -0.418 e. The van der Waals surface area contributed by atoms with Crippen LogP contribution in [-0.4, -0.2) is 19.2 Å². The van der Waals surface area contributed by atoms with E-state index in [1.165, 1.54) is 15.9 Å². The van der Waals surface area contributed by atoms with E-state index in [-0.39, 0.29) is 11.9 Å². The molecule has 0 spiro atoms. The molecule has 1 aliphatic heterocycles. The van der Waals surface area contributed by atoms with E-state index in [2.05, 4.69) is 115 Å². The maximum Gasteiger partial charge on any atom is 0.673 e. The zero-order valence-electron chi connectivity index (χ0n) is 20.8. The Bertz CT molecular complexity index is 1220. The highest BCUT2D eigenvalue weighted by Crippen LogP contribution is 2.62. The lowest BCUT2D eigenvalue weighted by Crippen LogP contribution is -2.43. The molecule has 5 rings (SSSR count). The molecule has 7 heteroatoms. The van der Waals surface area contributed by atoms with Gasteiger partial charge in [-0.3, -0.25) is 0 Å². The fraction of sp³-hybridized carbons (Fsp3) is 0.161. The van der Waals surface area contributed by atoms with Crippen molar-refractivity contribution in [2.24, 2.45) is 0 Å². The first-order chi connectivity index (χ1) is 18.4. The van der Waals surface area contributed by atoms with E-state index < -0.39 is 14.5 Å². The van der Waals surface area contributed by atoms with Crippen molar-refractivity contribution in [3.05, 3.63) is 127 Å². The van der Waals surface area contributed by atoms with E-state index in [4.69, 9.17) is 4.74 Å². The molecule has 1 aliphatic rings. The molecule has 38 heavy (non-hydrogen) atoms. The Kier molecular flexibility index (Phi) is 9.40. The SMILES string of the molecule is C(#CC1CCCC([P+](c2ccccc2)(c2ccccc2)c2ccccc2)O1)c1ccccc1.F[B-](F)(F)F. The lowest BCUT2D eigenvalue weighted by atomic mass is 10.1. The van der Waals surface area contributed by atoms with E-state index in [9.17, 15) is 17.3 Å². The quantitative estimate of drug-likeness (QED) is 0.116. The van der Waals surface area contributed by atoms with Gasteiger partial charge >= 0.3 is 7.25 Å². The highest BCUT2D eigenvalue weighted by molar-refractivity contribution is 7.96. The average molecular weight is 534 g/mol. The first kappa shape index (κ1) is 27.6. The van der Waals surface area contributed by atoms with E-state index >= 15 is 0 Å². The number of rotatable bonds is 4. The molecule has 0 aromatic heterocycles. The second-order valence-corrected chi connectivity index (χ2v) is 12.4. The van der Waals surface area contributed by atoms with Gasteiger partial charge in [0.2, 0.25) is 0 Å². The summed E-state index contributed by atoms with van der Waals surface area (Å²) in [5.41, 5.74) is 1.04. The number of benzene rings is 4. The molecule has 2 unspecified atom stereocenters. The summed E-state index contributed by atoms with van der Waals surface area (Å²) in [7, 11) is -8.05. The van der Waals surface area contributed by atoms with Gasteiger partial charge in [0, 0.05) is 12.0 Å². The molecule has 0 saturated carbocycles. The highest BCUT2D eigenvalue weighted by Gasteiger charge is 2.54. The largest absolute Gasteiger partial charge is 0.673 e.